The molecule has 0 aliphatic carbocycles. The van der Waals surface area contributed by atoms with Crippen molar-refractivity contribution in [3.05, 3.63) is 89.3 Å². The number of benzene rings is 2. The van der Waals surface area contributed by atoms with Crippen molar-refractivity contribution in [1.29, 1.82) is 0 Å². The number of amides is 2. The van der Waals surface area contributed by atoms with Crippen molar-refractivity contribution in [3.63, 3.8) is 0 Å². The molecule has 0 spiro atoms. The van der Waals surface area contributed by atoms with Crippen molar-refractivity contribution in [1.82, 2.24) is 25.4 Å². The van der Waals surface area contributed by atoms with E-state index in [1.807, 2.05) is 67.7 Å². The molecule has 0 aliphatic rings. The summed E-state index contributed by atoms with van der Waals surface area (Å²) in [6.45, 7) is 2.15. The number of fused-ring (bicyclic) bond motifs is 1. The van der Waals surface area contributed by atoms with Gasteiger partial charge >= 0.3 is 0 Å². The van der Waals surface area contributed by atoms with E-state index in [4.69, 9.17) is 11.6 Å². The summed E-state index contributed by atoms with van der Waals surface area (Å²) in [5.74, 6) is -0.380. The zero-order valence-corrected chi connectivity index (χ0v) is 18.3. The van der Waals surface area contributed by atoms with Gasteiger partial charge in [0, 0.05) is 47.5 Å². The lowest BCUT2D eigenvalue weighted by Gasteiger charge is -2.26. The maximum atomic E-state index is 12.6. The highest BCUT2D eigenvalue weighted by Gasteiger charge is 2.25. The first-order valence-corrected chi connectivity index (χ1v) is 10.8. The fourth-order valence-electron chi connectivity index (χ4n) is 3.85. The van der Waals surface area contributed by atoms with Gasteiger partial charge < -0.3 is 15.6 Å². The summed E-state index contributed by atoms with van der Waals surface area (Å²) in [6.07, 6.45) is 5.38. The average molecular weight is 450 g/mol. The van der Waals surface area contributed by atoms with E-state index >= 15 is 0 Å². The summed E-state index contributed by atoms with van der Waals surface area (Å²) in [4.78, 5) is 28.2. The van der Waals surface area contributed by atoms with Crippen LogP contribution in [-0.4, -0.2) is 39.2 Å². The Labute approximate surface area is 190 Å². The van der Waals surface area contributed by atoms with E-state index in [2.05, 4.69) is 20.7 Å². The third-order valence-electron chi connectivity index (χ3n) is 5.37. The molecule has 0 aliphatic heterocycles. The van der Waals surface area contributed by atoms with E-state index in [9.17, 15) is 9.59 Å². The van der Waals surface area contributed by atoms with Crippen LogP contribution < -0.4 is 10.6 Å². The molecule has 32 heavy (non-hydrogen) atoms. The van der Waals surface area contributed by atoms with E-state index < -0.39 is 0 Å². The number of aromatic nitrogens is 3. The second kappa shape index (κ2) is 9.70. The molecule has 7 nitrogen and oxygen atoms in total. The molecule has 2 aromatic carbocycles. The van der Waals surface area contributed by atoms with Crippen molar-refractivity contribution in [3.8, 4) is 0 Å². The van der Waals surface area contributed by atoms with Gasteiger partial charge in [-0.1, -0.05) is 48.0 Å². The maximum Gasteiger partial charge on any atom is 0.253 e. The third kappa shape index (κ3) is 4.68. The molecule has 2 atom stereocenters. The number of H-pyrrole nitrogens is 1. The van der Waals surface area contributed by atoms with Gasteiger partial charge in [0.05, 0.1) is 17.6 Å². The van der Waals surface area contributed by atoms with Crippen LogP contribution in [0.5, 0.6) is 0 Å². The van der Waals surface area contributed by atoms with E-state index in [0.29, 0.717) is 10.6 Å². The minimum absolute atomic E-state index is 0.160. The molecule has 8 heteroatoms. The molecule has 0 saturated heterocycles. The molecule has 0 saturated carbocycles. The fourth-order valence-corrected chi connectivity index (χ4v) is 4.10. The highest BCUT2D eigenvalue weighted by molar-refractivity contribution is 6.31. The van der Waals surface area contributed by atoms with Crippen molar-refractivity contribution in [2.45, 2.75) is 25.4 Å². The van der Waals surface area contributed by atoms with Crippen molar-refractivity contribution in [2.75, 3.05) is 6.54 Å². The van der Waals surface area contributed by atoms with Gasteiger partial charge in [-0.15, -0.1) is 0 Å². The van der Waals surface area contributed by atoms with Crippen molar-refractivity contribution < 1.29 is 9.59 Å². The SMILES string of the molecule is C[C@H](NC(=O)CCNC(=O)c1c[nH]c2ccccc12)[C@H](c1ccccc1Cl)n1cccn1. The summed E-state index contributed by atoms with van der Waals surface area (Å²) >= 11 is 6.42. The fraction of sp³-hybridized carbons (Fsp3) is 0.208. The molecule has 4 aromatic rings. The molecule has 164 valence electrons. The first-order valence-electron chi connectivity index (χ1n) is 10.4. The Hall–Kier alpha value is -3.58. The molecule has 0 radical (unpaired) electrons. The van der Waals surface area contributed by atoms with Gasteiger partial charge in [-0.25, -0.2) is 0 Å². The minimum atomic E-state index is -0.272. The second-order valence-corrected chi connectivity index (χ2v) is 7.97. The summed E-state index contributed by atoms with van der Waals surface area (Å²) in [6, 6.07) is 16.4. The molecule has 3 N–H and O–H groups in total. The van der Waals surface area contributed by atoms with Crippen LogP contribution >= 0.6 is 11.6 Å². The predicted molar refractivity (Wildman–Crippen MR) is 125 cm³/mol. The van der Waals surface area contributed by atoms with Gasteiger partial charge in [0.1, 0.15) is 0 Å². The van der Waals surface area contributed by atoms with Crippen LogP contribution in [-0.2, 0) is 4.79 Å². The molecule has 0 unspecified atom stereocenters. The Bertz CT molecular complexity index is 1220. The number of rotatable bonds is 8. The smallest absolute Gasteiger partial charge is 0.253 e. The first kappa shape index (κ1) is 21.6. The van der Waals surface area contributed by atoms with Crippen LogP contribution in [0.15, 0.2) is 73.2 Å². The summed E-state index contributed by atoms with van der Waals surface area (Å²) < 4.78 is 1.78. The summed E-state index contributed by atoms with van der Waals surface area (Å²) in [5.41, 5.74) is 2.33. The molecule has 2 amide bonds. The number of aromatic amines is 1. The van der Waals surface area contributed by atoms with Crippen molar-refractivity contribution in [2.24, 2.45) is 0 Å². The maximum absolute atomic E-state index is 12.6. The van der Waals surface area contributed by atoms with Crippen LogP contribution in [0.25, 0.3) is 10.9 Å². The Morgan fingerprint density at radius 3 is 2.69 bits per heavy atom. The van der Waals surface area contributed by atoms with Crippen LogP contribution in [0.4, 0.5) is 0 Å². The number of nitrogens with one attached hydrogen (secondary N) is 3. The van der Waals surface area contributed by atoms with Crippen LogP contribution in [0.1, 0.15) is 35.3 Å². The Balaban J connectivity index is 1.36. The summed E-state index contributed by atoms with van der Waals surface area (Å²) in [5, 5.41) is 11.6. The third-order valence-corrected chi connectivity index (χ3v) is 5.71. The number of para-hydroxylation sites is 1. The molecule has 2 heterocycles. The normalized spacial score (nSPS) is 12.9. The first-order chi connectivity index (χ1) is 15.5. The van der Waals surface area contributed by atoms with Gasteiger partial charge in [0.2, 0.25) is 5.91 Å². The number of carbonyl (C=O) groups is 2. The lowest BCUT2D eigenvalue weighted by Crippen LogP contribution is -2.41. The zero-order valence-electron chi connectivity index (χ0n) is 17.6. The van der Waals surface area contributed by atoms with Gasteiger partial charge in [0.25, 0.3) is 5.91 Å². The number of hydrogen-bond acceptors (Lipinski definition) is 3. The number of nitrogens with zero attached hydrogens (tertiary/aromatic N) is 2. The number of halogens is 1. The Morgan fingerprint density at radius 2 is 1.91 bits per heavy atom. The van der Waals surface area contributed by atoms with E-state index in [-0.39, 0.29) is 36.9 Å². The Morgan fingerprint density at radius 1 is 1.12 bits per heavy atom. The Kier molecular flexibility index (Phi) is 6.56. The lowest BCUT2D eigenvalue weighted by molar-refractivity contribution is -0.121. The minimum Gasteiger partial charge on any atom is -0.360 e. The lowest BCUT2D eigenvalue weighted by atomic mass is 10.00. The van der Waals surface area contributed by atoms with Crippen LogP contribution in [0, 0.1) is 0 Å². The highest BCUT2D eigenvalue weighted by Crippen LogP contribution is 2.28. The quantitative estimate of drug-likeness (QED) is 0.380. The average Bonchev–Trinajstić information content (AvgIpc) is 3.45. The van der Waals surface area contributed by atoms with Gasteiger partial charge in [-0.2, -0.15) is 5.10 Å². The van der Waals surface area contributed by atoms with E-state index in [0.717, 1.165) is 16.5 Å². The zero-order chi connectivity index (χ0) is 22.5. The van der Waals surface area contributed by atoms with E-state index in [1.54, 1.807) is 17.1 Å². The van der Waals surface area contributed by atoms with Crippen LogP contribution in [0.3, 0.4) is 0 Å². The molecule has 0 fully saturated rings. The number of carbonyl (C=O) groups excluding carboxylic acids is 2. The second-order valence-electron chi connectivity index (χ2n) is 7.56. The molecule has 0 bridgehead atoms. The summed E-state index contributed by atoms with van der Waals surface area (Å²) in [7, 11) is 0. The molecular formula is C24H24ClN5O2. The predicted octanol–water partition coefficient (Wildman–Crippen LogP) is 3.93. The van der Waals surface area contributed by atoms with Crippen molar-refractivity contribution >= 4 is 34.3 Å². The monoisotopic (exact) mass is 449 g/mol. The van der Waals surface area contributed by atoms with E-state index in [1.165, 1.54) is 0 Å². The van der Waals surface area contributed by atoms with Gasteiger partial charge in [-0.3, -0.25) is 14.3 Å². The molecule has 2 aromatic heterocycles. The van der Waals surface area contributed by atoms with Gasteiger partial charge in [0.15, 0.2) is 0 Å². The topological polar surface area (TPSA) is 91.8 Å². The van der Waals surface area contributed by atoms with Crippen LogP contribution in [0.2, 0.25) is 5.02 Å². The largest absolute Gasteiger partial charge is 0.360 e. The highest BCUT2D eigenvalue weighted by atomic mass is 35.5. The van der Waals surface area contributed by atoms with Gasteiger partial charge in [-0.05, 0) is 30.7 Å². The molecule has 4 rings (SSSR count). The molecular weight excluding hydrogens is 426 g/mol. The standard InChI is InChI=1S/C24H24ClN5O2/c1-16(23(30-14-6-12-28-30)18-8-2-4-9-20(18)25)29-22(31)11-13-26-24(32)19-15-27-21-10-5-3-7-17(19)21/h2-10,12,14-16,23,27H,11,13H2,1H3,(H,26,32)(H,29,31)/t16-,23+/m0/s1. The number of hydrogen-bond donors (Lipinski definition) is 3.